The summed E-state index contributed by atoms with van der Waals surface area (Å²) in [6, 6.07) is 2.01. The smallest absolute Gasteiger partial charge is 0.313 e. The van der Waals surface area contributed by atoms with Crippen LogP contribution in [0.25, 0.3) is 0 Å². The van der Waals surface area contributed by atoms with Crippen LogP contribution in [0.1, 0.15) is 30.5 Å². The number of para-hydroxylation sites is 1. The van der Waals surface area contributed by atoms with Gasteiger partial charge in [0.25, 0.3) is 0 Å². The zero-order valence-corrected chi connectivity index (χ0v) is 18.7. The minimum Gasteiger partial charge on any atom is -0.313 e. The Morgan fingerprint density at radius 2 is 2.00 bits per heavy atom. The molecule has 2 aliphatic heterocycles. The predicted octanol–water partition coefficient (Wildman–Crippen LogP) is 2.60. The molecule has 0 radical (unpaired) electrons. The minimum atomic E-state index is -5.10. The number of aryl methyl sites for hydroxylation is 1. The second kappa shape index (κ2) is 7.68. The number of alkyl halides is 3. The van der Waals surface area contributed by atoms with Gasteiger partial charge in [-0.15, -0.1) is 0 Å². The van der Waals surface area contributed by atoms with Gasteiger partial charge in [-0.05, 0) is 24.5 Å². The standard InChI is InChI=1S/C20H20F3N5O4S/c1-11-5-4-6-13-14(7-8-27(15(11)13)17(29)20(21,22)23)28-10-12-9-24-18(33(3,31)32)25-16(12)26(2)19(28)30/h4-6,9,14H,7-8,10H2,1-3H3/i14D. The Balaban J connectivity index is 1.81. The highest BCUT2D eigenvalue weighted by molar-refractivity contribution is 7.90. The van der Waals surface area contributed by atoms with E-state index in [4.69, 9.17) is 0 Å². The van der Waals surface area contributed by atoms with Crippen LogP contribution in [0.2, 0.25) is 0 Å². The first-order valence-corrected chi connectivity index (χ1v) is 11.7. The van der Waals surface area contributed by atoms with Crippen LogP contribution in [0.3, 0.4) is 0 Å². The summed E-state index contributed by atoms with van der Waals surface area (Å²) in [6.07, 6.45) is -3.20. The molecule has 2 aromatic rings. The number of sulfone groups is 1. The van der Waals surface area contributed by atoms with E-state index in [-0.39, 0.29) is 30.0 Å². The Kier molecular flexibility index (Phi) is 5.03. The quantitative estimate of drug-likeness (QED) is 0.607. The fourth-order valence-corrected chi connectivity index (χ4v) is 4.53. The molecule has 0 N–H and O–H groups in total. The van der Waals surface area contributed by atoms with Gasteiger partial charge in [0, 0.05) is 31.6 Å². The average Bonchev–Trinajstić information content (AvgIpc) is 2.75. The van der Waals surface area contributed by atoms with Crippen molar-refractivity contribution in [3.8, 4) is 0 Å². The van der Waals surface area contributed by atoms with E-state index in [9.17, 15) is 32.5 Å². The molecule has 176 valence electrons. The normalized spacial score (nSPS) is 21.5. The van der Waals surface area contributed by atoms with E-state index < -0.39 is 45.7 Å². The van der Waals surface area contributed by atoms with E-state index >= 15 is 0 Å². The van der Waals surface area contributed by atoms with Crippen LogP contribution < -0.4 is 9.80 Å². The topological polar surface area (TPSA) is 104 Å². The van der Waals surface area contributed by atoms with E-state index in [1.807, 2.05) is 0 Å². The van der Waals surface area contributed by atoms with E-state index in [0.717, 1.165) is 16.1 Å². The van der Waals surface area contributed by atoms with Crippen LogP contribution >= 0.6 is 0 Å². The average molecular weight is 484 g/mol. The third kappa shape index (κ3) is 3.90. The molecule has 1 unspecified atom stereocenters. The molecule has 13 heteroatoms. The molecular formula is C20H20F3N5O4S. The van der Waals surface area contributed by atoms with Crippen molar-refractivity contribution in [3.63, 3.8) is 0 Å². The largest absolute Gasteiger partial charge is 0.471 e. The van der Waals surface area contributed by atoms with Gasteiger partial charge in [0.2, 0.25) is 15.0 Å². The number of aromatic nitrogens is 2. The lowest BCUT2D eigenvalue weighted by Gasteiger charge is -2.43. The lowest BCUT2D eigenvalue weighted by molar-refractivity contribution is -0.170. The van der Waals surface area contributed by atoms with Crippen LogP contribution in [-0.4, -0.2) is 61.2 Å². The Labute approximate surface area is 189 Å². The molecule has 9 nitrogen and oxygen atoms in total. The van der Waals surface area contributed by atoms with E-state index in [0.29, 0.717) is 16.0 Å². The highest BCUT2D eigenvalue weighted by Gasteiger charge is 2.47. The van der Waals surface area contributed by atoms with Crippen molar-refractivity contribution in [1.29, 1.82) is 0 Å². The Morgan fingerprint density at radius 1 is 1.30 bits per heavy atom. The first-order chi connectivity index (χ1) is 15.7. The number of hydrogen-bond donors (Lipinski definition) is 0. The molecule has 3 heterocycles. The number of amides is 3. The SMILES string of the molecule is [2H]C1(N2Cc3cnc(S(C)(=O)=O)nc3N(C)C2=O)CCN(C(=O)C(F)(F)F)c2c(C)cccc21. The van der Waals surface area contributed by atoms with E-state index in [2.05, 4.69) is 9.97 Å². The van der Waals surface area contributed by atoms with Gasteiger partial charge in [-0.1, -0.05) is 18.2 Å². The fourth-order valence-electron chi connectivity index (χ4n) is 4.03. The third-order valence-corrected chi connectivity index (χ3v) is 6.38. The molecule has 0 fully saturated rings. The van der Waals surface area contributed by atoms with Crippen molar-refractivity contribution < 1.29 is 32.5 Å². The maximum atomic E-state index is 13.3. The van der Waals surface area contributed by atoms with Crippen LogP contribution in [-0.2, 0) is 21.2 Å². The number of carbonyl (C=O) groups excluding carboxylic acids is 2. The molecule has 1 aromatic heterocycles. The number of hydrogen-bond acceptors (Lipinski definition) is 6. The Hall–Kier alpha value is -3.22. The van der Waals surface area contributed by atoms with E-state index in [1.165, 1.54) is 32.3 Å². The monoisotopic (exact) mass is 484 g/mol. The van der Waals surface area contributed by atoms with Gasteiger partial charge in [0.15, 0.2) is 0 Å². The number of rotatable bonds is 2. The van der Waals surface area contributed by atoms with Crippen LogP contribution in [0, 0.1) is 6.92 Å². The highest BCUT2D eigenvalue weighted by Crippen LogP contribution is 2.43. The molecule has 0 aliphatic carbocycles. The van der Waals surface area contributed by atoms with Crippen LogP contribution in [0.15, 0.2) is 29.6 Å². The number of benzene rings is 1. The van der Waals surface area contributed by atoms with Gasteiger partial charge in [-0.25, -0.2) is 23.2 Å². The summed E-state index contributed by atoms with van der Waals surface area (Å²) in [5.74, 6) is -1.98. The molecule has 1 aromatic carbocycles. The summed E-state index contributed by atoms with van der Waals surface area (Å²) in [5, 5.41) is -0.458. The van der Waals surface area contributed by atoms with Crippen molar-refractivity contribution in [3.05, 3.63) is 41.1 Å². The van der Waals surface area contributed by atoms with Gasteiger partial charge in [0.1, 0.15) is 5.82 Å². The van der Waals surface area contributed by atoms with Crippen molar-refractivity contribution in [2.75, 3.05) is 29.6 Å². The number of nitrogens with zero attached hydrogens (tertiary/aromatic N) is 5. The second-order valence-electron chi connectivity index (χ2n) is 7.82. The molecular weight excluding hydrogens is 463 g/mol. The number of fused-ring (bicyclic) bond motifs is 2. The van der Waals surface area contributed by atoms with Crippen molar-refractivity contribution in [1.82, 2.24) is 14.9 Å². The summed E-state index contributed by atoms with van der Waals surface area (Å²) in [7, 11) is -2.38. The number of anilines is 2. The third-order valence-electron chi connectivity index (χ3n) is 5.52. The summed E-state index contributed by atoms with van der Waals surface area (Å²) in [4.78, 5) is 36.0. The molecule has 0 spiro atoms. The molecule has 0 bridgehead atoms. The zero-order chi connectivity index (χ0) is 25.2. The van der Waals surface area contributed by atoms with Gasteiger partial charge in [-0.2, -0.15) is 13.2 Å². The summed E-state index contributed by atoms with van der Waals surface area (Å²) in [5.41, 5.74) is 0.737. The first-order valence-electron chi connectivity index (χ1n) is 10.3. The van der Waals surface area contributed by atoms with Crippen molar-refractivity contribution in [2.45, 2.75) is 37.2 Å². The Morgan fingerprint density at radius 3 is 2.64 bits per heavy atom. The molecule has 0 saturated heterocycles. The molecule has 1 atom stereocenters. The van der Waals surface area contributed by atoms with Gasteiger partial charge in [-0.3, -0.25) is 9.69 Å². The molecule has 33 heavy (non-hydrogen) atoms. The fraction of sp³-hybridized carbons (Fsp3) is 0.400. The lowest BCUT2D eigenvalue weighted by atomic mass is 9.91. The number of urea groups is 1. The molecule has 0 saturated carbocycles. The maximum Gasteiger partial charge on any atom is 0.471 e. The second-order valence-corrected chi connectivity index (χ2v) is 9.73. The summed E-state index contributed by atoms with van der Waals surface area (Å²) < 4.78 is 72.5. The first kappa shape index (κ1) is 21.6. The number of carbonyl (C=O) groups is 2. The Bertz CT molecular complexity index is 1320. The molecule has 2 aliphatic rings. The van der Waals surface area contributed by atoms with Crippen molar-refractivity contribution in [2.24, 2.45) is 0 Å². The predicted molar refractivity (Wildman–Crippen MR) is 111 cm³/mol. The number of halogens is 3. The summed E-state index contributed by atoms with van der Waals surface area (Å²) >= 11 is 0. The maximum absolute atomic E-state index is 13.3. The van der Waals surface area contributed by atoms with Gasteiger partial charge in [0.05, 0.1) is 19.6 Å². The lowest BCUT2D eigenvalue weighted by Crippen LogP contribution is -2.51. The van der Waals surface area contributed by atoms with Crippen LogP contribution in [0.4, 0.5) is 29.5 Å². The van der Waals surface area contributed by atoms with Gasteiger partial charge < -0.3 is 9.80 Å². The zero-order valence-electron chi connectivity index (χ0n) is 18.8. The molecule has 3 amide bonds. The summed E-state index contributed by atoms with van der Waals surface area (Å²) in [6.45, 7) is 0.928. The van der Waals surface area contributed by atoms with E-state index in [1.54, 1.807) is 6.07 Å². The minimum absolute atomic E-state index is 0.0593. The van der Waals surface area contributed by atoms with Crippen molar-refractivity contribution >= 4 is 33.3 Å². The molecule has 4 rings (SSSR count). The van der Waals surface area contributed by atoms with Gasteiger partial charge >= 0.3 is 18.1 Å². The van der Waals surface area contributed by atoms with Crippen LogP contribution in [0.5, 0.6) is 0 Å². The highest BCUT2D eigenvalue weighted by atomic mass is 32.2.